The van der Waals surface area contributed by atoms with Crippen molar-refractivity contribution in [2.24, 2.45) is 7.05 Å². The molecule has 1 atom stereocenters. The Morgan fingerprint density at radius 1 is 1.13 bits per heavy atom. The van der Waals surface area contributed by atoms with Crippen molar-refractivity contribution in [3.8, 4) is 5.75 Å². The Balaban J connectivity index is 1.59. The molecule has 4 rings (SSSR count). The zero-order chi connectivity index (χ0) is 21.1. The van der Waals surface area contributed by atoms with Crippen molar-refractivity contribution < 1.29 is 9.53 Å². The highest BCUT2D eigenvalue weighted by atomic mass is 16.5. The van der Waals surface area contributed by atoms with E-state index in [0.29, 0.717) is 25.3 Å². The molecule has 0 radical (unpaired) electrons. The van der Waals surface area contributed by atoms with E-state index < -0.39 is 0 Å². The first-order chi connectivity index (χ1) is 14.6. The average molecular weight is 406 g/mol. The maximum atomic E-state index is 13.1. The van der Waals surface area contributed by atoms with Gasteiger partial charge in [0.05, 0.1) is 26.1 Å². The summed E-state index contributed by atoms with van der Waals surface area (Å²) in [6.45, 7) is 1.11. The molecule has 7 heteroatoms. The fourth-order valence-corrected chi connectivity index (χ4v) is 4.08. The highest BCUT2D eigenvalue weighted by molar-refractivity contribution is 5.79. The predicted molar refractivity (Wildman–Crippen MR) is 113 cm³/mol. The second kappa shape index (κ2) is 8.57. The molecule has 2 aromatic carbocycles. The van der Waals surface area contributed by atoms with E-state index >= 15 is 0 Å². The standard InChI is InChI=1S/C23H26N4O3/c1-25-23(29)27(16-17-8-4-3-5-9-17)22(24-25)20-12-7-13-26(20)21(28)15-18-10-6-11-19(14-18)30-2/h3-6,8-11,14,20H,7,12-13,15-16H2,1-2H3. The lowest BCUT2D eigenvalue weighted by atomic mass is 10.1. The Morgan fingerprint density at radius 2 is 1.90 bits per heavy atom. The molecule has 7 nitrogen and oxygen atoms in total. The zero-order valence-corrected chi connectivity index (χ0v) is 17.3. The van der Waals surface area contributed by atoms with Crippen molar-refractivity contribution in [1.29, 1.82) is 0 Å². The van der Waals surface area contributed by atoms with Crippen LogP contribution < -0.4 is 10.4 Å². The number of carbonyl (C=O) groups excluding carboxylic acids is 1. The van der Waals surface area contributed by atoms with Crippen LogP contribution >= 0.6 is 0 Å². The summed E-state index contributed by atoms with van der Waals surface area (Å²) in [7, 11) is 3.27. The fraction of sp³-hybridized carbons (Fsp3) is 0.348. The van der Waals surface area contributed by atoms with Crippen molar-refractivity contribution in [1.82, 2.24) is 19.2 Å². The number of rotatable bonds is 6. The van der Waals surface area contributed by atoms with Crippen LogP contribution in [-0.2, 0) is 24.8 Å². The predicted octanol–water partition coefficient (Wildman–Crippen LogP) is 2.54. The molecule has 1 unspecified atom stereocenters. The van der Waals surface area contributed by atoms with Gasteiger partial charge in [-0.05, 0) is 36.1 Å². The number of methoxy groups -OCH3 is 1. The van der Waals surface area contributed by atoms with Crippen molar-refractivity contribution >= 4 is 5.91 Å². The van der Waals surface area contributed by atoms with Crippen molar-refractivity contribution in [3.63, 3.8) is 0 Å². The molecule has 3 aromatic rings. The van der Waals surface area contributed by atoms with Gasteiger partial charge in [0.15, 0.2) is 5.82 Å². The number of amides is 1. The molecule has 1 saturated heterocycles. The highest BCUT2D eigenvalue weighted by Crippen LogP contribution is 2.31. The summed E-state index contributed by atoms with van der Waals surface area (Å²) in [5.74, 6) is 1.43. The quantitative estimate of drug-likeness (QED) is 0.631. The van der Waals surface area contributed by atoms with E-state index in [4.69, 9.17) is 4.74 Å². The first-order valence-electron chi connectivity index (χ1n) is 10.2. The van der Waals surface area contributed by atoms with Gasteiger partial charge in [0.2, 0.25) is 5.91 Å². The van der Waals surface area contributed by atoms with Gasteiger partial charge < -0.3 is 9.64 Å². The lowest BCUT2D eigenvalue weighted by Crippen LogP contribution is -2.34. The smallest absolute Gasteiger partial charge is 0.346 e. The van der Waals surface area contributed by atoms with Crippen molar-refractivity contribution in [2.45, 2.75) is 31.8 Å². The maximum Gasteiger partial charge on any atom is 0.346 e. The monoisotopic (exact) mass is 406 g/mol. The minimum Gasteiger partial charge on any atom is -0.497 e. The average Bonchev–Trinajstić information content (AvgIpc) is 3.35. The molecule has 0 spiro atoms. The van der Waals surface area contributed by atoms with E-state index in [2.05, 4.69) is 5.10 Å². The normalized spacial score (nSPS) is 16.1. The van der Waals surface area contributed by atoms with Gasteiger partial charge in [0.25, 0.3) is 0 Å². The molecule has 0 aliphatic carbocycles. The molecule has 30 heavy (non-hydrogen) atoms. The number of carbonyl (C=O) groups is 1. The number of hydrogen-bond acceptors (Lipinski definition) is 4. The van der Waals surface area contributed by atoms with Crippen LogP contribution in [0.2, 0.25) is 0 Å². The third-order valence-electron chi connectivity index (χ3n) is 5.58. The second-order valence-corrected chi connectivity index (χ2v) is 7.61. The molecule has 1 aliphatic heterocycles. The Kier molecular flexibility index (Phi) is 5.70. The minimum atomic E-state index is -0.194. The number of aryl methyl sites for hydroxylation is 1. The van der Waals surface area contributed by atoms with Crippen LogP contribution in [0.1, 0.15) is 35.8 Å². The topological polar surface area (TPSA) is 69.4 Å². The number of likely N-dealkylation sites (tertiary alicyclic amines) is 1. The Labute approximate surface area is 175 Å². The van der Waals surface area contributed by atoms with Gasteiger partial charge >= 0.3 is 5.69 Å². The summed E-state index contributed by atoms with van der Waals surface area (Å²) < 4.78 is 8.32. The molecular weight excluding hydrogens is 380 g/mol. The molecule has 0 N–H and O–H groups in total. The van der Waals surface area contributed by atoms with E-state index in [1.165, 1.54) is 4.68 Å². The van der Waals surface area contributed by atoms with E-state index in [-0.39, 0.29) is 17.6 Å². The van der Waals surface area contributed by atoms with E-state index in [1.54, 1.807) is 18.7 Å². The van der Waals surface area contributed by atoms with Gasteiger partial charge in [0.1, 0.15) is 5.75 Å². The number of hydrogen-bond donors (Lipinski definition) is 0. The number of benzene rings is 2. The molecule has 1 aliphatic rings. The largest absolute Gasteiger partial charge is 0.497 e. The molecular formula is C23H26N4O3. The molecule has 2 heterocycles. The third kappa shape index (κ3) is 4.01. The molecule has 156 valence electrons. The molecule has 1 amide bonds. The number of ether oxygens (including phenoxy) is 1. The number of aromatic nitrogens is 3. The lowest BCUT2D eigenvalue weighted by Gasteiger charge is -2.24. The zero-order valence-electron chi connectivity index (χ0n) is 17.3. The highest BCUT2D eigenvalue weighted by Gasteiger charge is 2.34. The lowest BCUT2D eigenvalue weighted by molar-refractivity contribution is -0.131. The second-order valence-electron chi connectivity index (χ2n) is 7.61. The van der Waals surface area contributed by atoms with Crippen molar-refractivity contribution in [2.75, 3.05) is 13.7 Å². The van der Waals surface area contributed by atoms with Crippen molar-refractivity contribution in [3.05, 3.63) is 82.0 Å². The van der Waals surface area contributed by atoms with E-state index in [1.807, 2.05) is 59.5 Å². The van der Waals surface area contributed by atoms with E-state index in [0.717, 1.165) is 29.7 Å². The molecule has 0 bridgehead atoms. The summed E-state index contributed by atoms with van der Waals surface area (Å²) in [6.07, 6.45) is 1.99. The van der Waals surface area contributed by atoms with Crippen LogP contribution in [0.3, 0.4) is 0 Å². The van der Waals surface area contributed by atoms with Gasteiger partial charge in [-0.25, -0.2) is 9.48 Å². The SMILES string of the molecule is COc1cccc(CC(=O)N2CCCC2c2nn(C)c(=O)n2Cc2ccccc2)c1. The van der Waals surface area contributed by atoms with Gasteiger partial charge in [-0.15, -0.1) is 0 Å². The van der Waals surface area contributed by atoms with E-state index in [9.17, 15) is 9.59 Å². The first-order valence-corrected chi connectivity index (χ1v) is 10.2. The van der Waals surface area contributed by atoms with Crippen LogP contribution in [0, 0.1) is 0 Å². The van der Waals surface area contributed by atoms with Crippen LogP contribution in [-0.4, -0.2) is 38.8 Å². The summed E-state index contributed by atoms with van der Waals surface area (Å²) in [5, 5.41) is 4.51. The van der Waals surface area contributed by atoms with Crippen LogP contribution in [0.5, 0.6) is 5.75 Å². The van der Waals surface area contributed by atoms with Gasteiger partial charge in [0, 0.05) is 13.6 Å². The summed E-state index contributed by atoms with van der Waals surface area (Å²) in [4.78, 5) is 27.7. The van der Waals surface area contributed by atoms with Gasteiger partial charge in [-0.1, -0.05) is 42.5 Å². The third-order valence-corrected chi connectivity index (χ3v) is 5.58. The Bertz CT molecular complexity index is 1090. The molecule has 0 saturated carbocycles. The summed E-state index contributed by atoms with van der Waals surface area (Å²) in [5.41, 5.74) is 1.77. The van der Waals surface area contributed by atoms with Gasteiger partial charge in [-0.3, -0.25) is 9.36 Å². The first kappa shape index (κ1) is 19.9. The fourth-order valence-electron chi connectivity index (χ4n) is 4.08. The van der Waals surface area contributed by atoms with Crippen LogP contribution in [0.15, 0.2) is 59.4 Å². The molecule has 1 fully saturated rings. The minimum absolute atomic E-state index is 0.0371. The Morgan fingerprint density at radius 3 is 2.67 bits per heavy atom. The molecule has 1 aromatic heterocycles. The van der Waals surface area contributed by atoms with Gasteiger partial charge in [-0.2, -0.15) is 5.10 Å². The summed E-state index contributed by atoms with van der Waals surface area (Å²) >= 11 is 0. The summed E-state index contributed by atoms with van der Waals surface area (Å²) in [6, 6.07) is 17.2. The van der Waals surface area contributed by atoms with Crippen LogP contribution in [0.25, 0.3) is 0 Å². The Hall–Kier alpha value is -3.35. The van der Waals surface area contributed by atoms with Crippen LogP contribution in [0.4, 0.5) is 0 Å². The maximum absolute atomic E-state index is 13.1. The number of nitrogens with zero attached hydrogens (tertiary/aromatic N) is 4.